The monoisotopic (exact) mass is 367 g/mol. The van der Waals surface area contributed by atoms with Crippen molar-refractivity contribution in [2.75, 3.05) is 7.05 Å². The van der Waals surface area contributed by atoms with Crippen LogP contribution in [0.25, 0.3) is 0 Å². The first-order valence-electron chi connectivity index (χ1n) is 8.17. The van der Waals surface area contributed by atoms with Crippen LogP contribution in [0.3, 0.4) is 0 Å². The average Bonchev–Trinajstić information content (AvgIpc) is 3.14. The Labute approximate surface area is 150 Å². The molecule has 3 unspecified atom stereocenters. The summed E-state index contributed by atoms with van der Waals surface area (Å²) in [6.07, 6.45) is 4.67. The second kappa shape index (κ2) is 8.44. The van der Waals surface area contributed by atoms with Gasteiger partial charge in [-0.2, -0.15) is 0 Å². The molecule has 0 aromatic carbocycles. The third-order valence-corrected chi connectivity index (χ3v) is 5.88. The van der Waals surface area contributed by atoms with Gasteiger partial charge in [-0.15, -0.1) is 11.3 Å². The fourth-order valence-corrected chi connectivity index (χ4v) is 4.15. The van der Waals surface area contributed by atoms with E-state index >= 15 is 0 Å². The van der Waals surface area contributed by atoms with E-state index in [1.165, 1.54) is 12.8 Å². The highest BCUT2D eigenvalue weighted by Crippen LogP contribution is 2.36. The minimum Gasteiger partial charge on any atom is -0.543 e. The maximum Gasteiger partial charge on any atom is 0.314 e. The predicted octanol–water partition coefficient (Wildman–Crippen LogP) is -0.494. The fourth-order valence-electron chi connectivity index (χ4n) is 3.38. The third-order valence-electron chi connectivity index (χ3n) is 4.83. The highest BCUT2D eigenvalue weighted by Gasteiger charge is 2.40. The van der Waals surface area contributed by atoms with Crippen molar-refractivity contribution in [1.29, 1.82) is 0 Å². The predicted molar refractivity (Wildman–Crippen MR) is 86.4 cm³/mol. The standard InChI is InChI=1S/C15H21NO2S.C2H2O4/c1-10(14-4-3-7-19-14)15(17)18-13-8-11-5-6-12(9-13)16(11)2;3-1(4)2(5)6/h3-4,7,10-13H,5-6,8-9H2,1-2H3;(H,3,4)(H,5,6)/p-2. The van der Waals surface area contributed by atoms with Gasteiger partial charge in [0.2, 0.25) is 0 Å². The van der Waals surface area contributed by atoms with Crippen molar-refractivity contribution in [2.45, 2.75) is 56.7 Å². The first-order valence-corrected chi connectivity index (χ1v) is 9.05. The van der Waals surface area contributed by atoms with Gasteiger partial charge in [0.25, 0.3) is 0 Å². The molecule has 0 radical (unpaired) electrons. The van der Waals surface area contributed by atoms with Crippen molar-refractivity contribution in [1.82, 2.24) is 4.90 Å². The SMILES string of the molecule is CC(C(=O)OC1CC2CCC(C1)N2C)c1cccs1.O=C([O-])C(=O)[O-]. The van der Waals surface area contributed by atoms with Crippen molar-refractivity contribution >= 4 is 29.2 Å². The second-order valence-corrected chi connectivity index (χ2v) is 7.37. The van der Waals surface area contributed by atoms with Gasteiger partial charge in [0.15, 0.2) is 0 Å². The Hall–Kier alpha value is -1.93. The highest BCUT2D eigenvalue weighted by molar-refractivity contribution is 7.10. The summed E-state index contributed by atoms with van der Waals surface area (Å²) in [5.41, 5.74) is 0. The fraction of sp³-hybridized carbons (Fsp3) is 0.588. The van der Waals surface area contributed by atoms with Gasteiger partial charge in [0.1, 0.15) is 6.10 Å². The Kier molecular flexibility index (Phi) is 6.55. The van der Waals surface area contributed by atoms with Crippen molar-refractivity contribution in [3.05, 3.63) is 22.4 Å². The molecular formula is C17H21NO6S-2. The Bertz CT molecular complexity index is 591. The molecule has 7 nitrogen and oxygen atoms in total. The number of carboxylic acids is 2. The molecule has 8 heteroatoms. The molecule has 138 valence electrons. The summed E-state index contributed by atoms with van der Waals surface area (Å²) in [6, 6.07) is 5.23. The van der Waals surface area contributed by atoms with Gasteiger partial charge in [-0.05, 0) is 51.1 Å². The molecule has 2 fully saturated rings. The van der Waals surface area contributed by atoms with Crippen LogP contribution >= 0.6 is 11.3 Å². The molecule has 3 atom stereocenters. The lowest BCUT2D eigenvalue weighted by atomic mass is 10.0. The molecule has 0 saturated carbocycles. The summed E-state index contributed by atoms with van der Waals surface area (Å²) in [6.45, 7) is 1.94. The van der Waals surface area contributed by atoms with Crippen LogP contribution in [0.5, 0.6) is 0 Å². The summed E-state index contributed by atoms with van der Waals surface area (Å²) in [4.78, 5) is 33.6. The molecular weight excluding hydrogens is 346 g/mol. The number of hydrogen-bond donors (Lipinski definition) is 0. The minimum atomic E-state index is -2.19. The van der Waals surface area contributed by atoms with Gasteiger partial charge in [-0.3, -0.25) is 4.79 Å². The van der Waals surface area contributed by atoms with Crippen LogP contribution in [0, 0.1) is 0 Å². The smallest absolute Gasteiger partial charge is 0.314 e. The van der Waals surface area contributed by atoms with E-state index < -0.39 is 11.9 Å². The lowest BCUT2D eigenvalue weighted by molar-refractivity contribution is -0.345. The maximum absolute atomic E-state index is 12.2. The number of ether oxygens (including phenoxy) is 1. The molecule has 1 aromatic heterocycles. The molecule has 0 amide bonds. The number of piperidine rings is 1. The van der Waals surface area contributed by atoms with Crippen molar-refractivity contribution in [3.63, 3.8) is 0 Å². The number of carboxylic acid groups (broad SMARTS) is 2. The van der Waals surface area contributed by atoms with Crippen LogP contribution in [0.4, 0.5) is 0 Å². The van der Waals surface area contributed by atoms with E-state index in [4.69, 9.17) is 24.5 Å². The van der Waals surface area contributed by atoms with Crippen molar-refractivity contribution in [3.8, 4) is 0 Å². The van der Waals surface area contributed by atoms with Gasteiger partial charge in [0.05, 0.1) is 17.9 Å². The third kappa shape index (κ3) is 5.02. The van der Waals surface area contributed by atoms with Gasteiger partial charge < -0.3 is 29.4 Å². The molecule has 25 heavy (non-hydrogen) atoms. The largest absolute Gasteiger partial charge is 0.543 e. The number of carbonyl (C=O) groups excluding carboxylic acids is 3. The first-order chi connectivity index (χ1) is 11.8. The number of nitrogens with zero attached hydrogens (tertiary/aromatic N) is 1. The van der Waals surface area contributed by atoms with Crippen LogP contribution in [0.2, 0.25) is 0 Å². The van der Waals surface area contributed by atoms with E-state index in [0.717, 1.165) is 17.7 Å². The second-order valence-electron chi connectivity index (χ2n) is 6.39. The first kappa shape index (κ1) is 19.4. The van der Waals surface area contributed by atoms with Gasteiger partial charge in [-0.25, -0.2) is 0 Å². The van der Waals surface area contributed by atoms with E-state index in [0.29, 0.717) is 12.1 Å². The normalized spacial score (nSPS) is 26.2. The number of hydrogen-bond acceptors (Lipinski definition) is 8. The highest BCUT2D eigenvalue weighted by atomic mass is 32.1. The molecule has 2 aliphatic rings. The van der Waals surface area contributed by atoms with Crippen LogP contribution in [0.15, 0.2) is 17.5 Å². The molecule has 2 saturated heterocycles. The Morgan fingerprint density at radius 2 is 1.76 bits per heavy atom. The van der Waals surface area contributed by atoms with E-state index in [2.05, 4.69) is 11.9 Å². The Balaban J connectivity index is 0.000000326. The summed E-state index contributed by atoms with van der Waals surface area (Å²) in [5.74, 6) is -4.56. The van der Waals surface area contributed by atoms with Crippen molar-refractivity contribution < 1.29 is 29.3 Å². The topological polar surface area (TPSA) is 110 Å². The summed E-state index contributed by atoms with van der Waals surface area (Å²) in [5, 5.41) is 19.9. The van der Waals surface area contributed by atoms with Gasteiger partial charge in [-0.1, -0.05) is 6.07 Å². The number of rotatable bonds is 3. The van der Waals surface area contributed by atoms with Crippen LogP contribution < -0.4 is 10.2 Å². The van der Waals surface area contributed by atoms with Gasteiger partial charge >= 0.3 is 5.97 Å². The van der Waals surface area contributed by atoms with E-state index in [9.17, 15) is 4.79 Å². The van der Waals surface area contributed by atoms with E-state index in [1.54, 1.807) is 11.3 Å². The molecule has 0 N–H and O–H groups in total. The molecule has 0 aliphatic carbocycles. The molecule has 0 spiro atoms. The average molecular weight is 367 g/mol. The van der Waals surface area contributed by atoms with Gasteiger partial charge in [0, 0.05) is 17.0 Å². The molecule has 1 aromatic rings. The number of fused-ring (bicyclic) bond motifs is 2. The number of thiophene rings is 1. The zero-order valence-electron chi connectivity index (χ0n) is 14.2. The summed E-state index contributed by atoms with van der Waals surface area (Å²) < 4.78 is 5.75. The molecule has 3 rings (SSSR count). The Morgan fingerprint density at radius 3 is 2.20 bits per heavy atom. The Morgan fingerprint density at radius 1 is 1.20 bits per heavy atom. The molecule has 2 bridgehead atoms. The van der Waals surface area contributed by atoms with Crippen molar-refractivity contribution in [2.24, 2.45) is 0 Å². The van der Waals surface area contributed by atoms with E-state index in [-0.39, 0.29) is 18.0 Å². The quantitative estimate of drug-likeness (QED) is 0.523. The minimum absolute atomic E-state index is 0.0589. The summed E-state index contributed by atoms with van der Waals surface area (Å²) in [7, 11) is 2.20. The zero-order valence-corrected chi connectivity index (χ0v) is 15.0. The maximum atomic E-state index is 12.2. The number of carbonyl (C=O) groups is 3. The summed E-state index contributed by atoms with van der Waals surface area (Å²) >= 11 is 1.63. The molecule has 3 heterocycles. The van der Waals surface area contributed by atoms with Crippen LogP contribution in [-0.2, 0) is 19.1 Å². The van der Waals surface area contributed by atoms with E-state index in [1.807, 2.05) is 24.4 Å². The lowest BCUT2D eigenvalue weighted by Crippen LogP contribution is -2.43. The molecule has 2 aliphatic heterocycles. The lowest BCUT2D eigenvalue weighted by Gasteiger charge is -2.36. The zero-order chi connectivity index (χ0) is 18.6. The van der Waals surface area contributed by atoms with Crippen LogP contribution in [-0.4, -0.2) is 48.0 Å². The number of esters is 1. The van der Waals surface area contributed by atoms with Crippen LogP contribution in [0.1, 0.15) is 43.4 Å². The number of aliphatic carboxylic acids is 2.